The van der Waals surface area contributed by atoms with E-state index in [-0.39, 0.29) is 17.8 Å². The smallest absolute Gasteiger partial charge is 0.228 e. The molecule has 9 heteroatoms. The lowest BCUT2D eigenvalue weighted by atomic mass is 9.85. The Morgan fingerprint density at radius 2 is 1.37 bits per heavy atom. The summed E-state index contributed by atoms with van der Waals surface area (Å²) in [5.74, 6) is 0.440. The van der Waals surface area contributed by atoms with Crippen LogP contribution >= 0.6 is 0 Å². The lowest BCUT2D eigenvalue weighted by molar-refractivity contribution is -0.139. The molecule has 8 nitrogen and oxygen atoms in total. The summed E-state index contributed by atoms with van der Waals surface area (Å²) in [5.41, 5.74) is 5.30. The van der Waals surface area contributed by atoms with Gasteiger partial charge in [0, 0.05) is 26.1 Å². The number of ether oxygens (including phenoxy) is 3. The second-order valence-electron chi connectivity index (χ2n) is 13.3. The van der Waals surface area contributed by atoms with E-state index in [1.165, 1.54) is 12.1 Å². The molecule has 0 fully saturated rings. The van der Waals surface area contributed by atoms with Gasteiger partial charge in [-0.25, -0.2) is 4.39 Å². The summed E-state index contributed by atoms with van der Waals surface area (Å²) in [6.45, 7) is 2.36. The largest absolute Gasteiger partial charge is 0.497 e. The standard InChI is InChI=1S/C45H50FN3O5/c1-31(44(50)36-9-7-6-8-10-36)49(2)45(51)41(27-28-42(54-5)34-15-19-37(46)20-16-34)43(35-17-25-40(53-4)26-18-35)48-38-21-11-32(12-22-38)29-47-30-33-13-23-39(52-3)24-14-33/h6-26,30-31,41-44,48,50H,27-29H2,1-5H3/b47-30+/t31-,41+,42-,43?,44+/m0/s1. The minimum Gasteiger partial charge on any atom is -0.497 e. The van der Waals surface area contributed by atoms with E-state index in [0.717, 1.165) is 39.3 Å². The summed E-state index contributed by atoms with van der Waals surface area (Å²) in [5, 5.41) is 15.0. The highest BCUT2D eigenvalue weighted by atomic mass is 19.1. The van der Waals surface area contributed by atoms with E-state index in [2.05, 4.69) is 10.3 Å². The highest BCUT2D eigenvalue weighted by molar-refractivity contribution is 5.81. The van der Waals surface area contributed by atoms with Gasteiger partial charge in [-0.15, -0.1) is 0 Å². The van der Waals surface area contributed by atoms with Gasteiger partial charge in [0.1, 0.15) is 17.3 Å². The molecule has 5 aromatic carbocycles. The summed E-state index contributed by atoms with van der Waals surface area (Å²) in [4.78, 5) is 21.1. The summed E-state index contributed by atoms with van der Waals surface area (Å²) in [6.07, 6.45) is 1.50. The minimum absolute atomic E-state index is 0.135. The highest BCUT2D eigenvalue weighted by Gasteiger charge is 2.36. The van der Waals surface area contributed by atoms with Crippen molar-refractivity contribution in [1.82, 2.24) is 4.90 Å². The van der Waals surface area contributed by atoms with Gasteiger partial charge in [0.2, 0.25) is 5.91 Å². The maximum Gasteiger partial charge on any atom is 0.228 e. The molecular formula is C45H50FN3O5. The van der Waals surface area contributed by atoms with Crippen LogP contribution in [0.2, 0.25) is 0 Å². The second-order valence-corrected chi connectivity index (χ2v) is 13.3. The van der Waals surface area contributed by atoms with Crippen molar-refractivity contribution in [3.63, 3.8) is 0 Å². The highest BCUT2D eigenvalue weighted by Crippen LogP contribution is 2.36. The molecule has 0 saturated heterocycles. The molecule has 0 saturated carbocycles. The van der Waals surface area contributed by atoms with E-state index < -0.39 is 24.1 Å². The number of anilines is 1. The first-order valence-electron chi connectivity index (χ1n) is 18.1. The number of benzene rings is 5. The maximum absolute atomic E-state index is 14.8. The SMILES string of the molecule is COc1ccc(/C=N/Cc2ccc(NC(c3ccc(OC)cc3)[C@@H](CC[C@H](OC)c3ccc(F)cc3)C(=O)N(C)[C@@H](C)[C@@H](O)c3ccccc3)cc2)cc1. The molecule has 0 aliphatic heterocycles. The number of amides is 1. The number of methoxy groups -OCH3 is 3. The van der Waals surface area contributed by atoms with Gasteiger partial charge < -0.3 is 29.5 Å². The third-order valence-corrected chi connectivity index (χ3v) is 9.92. The zero-order valence-corrected chi connectivity index (χ0v) is 31.6. The molecule has 5 aromatic rings. The molecule has 5 rings (SSSR count). The van der Waals surface area contributed by atoms with Gasteiger partial charge in [-0.2, -0.15) is 0 Å². The molecule has 0 aliphatic rings. The van der Waals surface area contributed by atoms with Crippen LogP contribution in [0.25, 0.3) is 0 Å². The van der Waals surface area contributed by atoms with Crippen molar-refractivity contribution in [2.24, 2.45) is 10.9 Å². The minimum atomic E-state index is -0.890. The fraction of sp³-hybridized carbons (Fsp3) is 0.289. The van der Waals surface area contributed by atoms with E-state index >= 15 is 0 Å². The predicted octanol–water partition coefficient (Wildman–Crippen LogP) is 8.98. The molecule has 282 valence electrons. The summed E-state index contributed by atoms with van der Waals surface area (Å²) in [6, 6.07) is 38.1. The fourth-order valence-electron chi connectivity index (χ4n) is 6.52. The van der Waals surface area contributed by atoms with Gasteiger partial charge in [-0.3, -0.25) is 9.79 Å². The monoisotopic (exact) mass is 731 g/mol. The number of aliphatic imine (C=N–C) groups is 1. The van der Waals surface area contributed by atoms with Crippen molar-refractivity contribution < 1.29 is 28.5 Å². The van der Waals surface area contributed by atoms with E-state index in [9.17, 15) is 14.3 Å². The van der Waals surface area contributed by atoms with Crippen LogP contribution in [0.4, 0.5) is 10.1 Å². The quantitative estimate of drug-likeness (QED) is 0.0875. The number of nitrogens with zero attached hydrogens (tertiary/aromatic N) is 2. The zero-order chi connectivity index (χ0) is 38.5. The van der Waals surface area contributed by atoms with Crippen molar-refractivity contribution in [2.75, 3.05) is 33.7 Å². The Labute approximate surface area is 318 Å². The number of carbonyl (C=O) groups excluding carboxylic acids is 1. The Morgan fingerprint density at radius 3 is 1.96 bits per heavy atom. The number of carbonyl (C=O) groups is 1. The zero-order valence-electron chi connectivity index (χ0n) is 31.6. The van der Waals surface area contributed by atoms with Gasteiger partial charge in [0.15, 0.2) is 0 Å². The molecule has 0 aromatic heterocycles. The first-order valence-corrected chi connectivity index (χ1v) is 18.1. The molecule has 0 radical (unpaired) electrons. The molecule has 1 unspecified atom stereocenters. The molecule has 5 atom stereocenters. The molecule has 0 heterocycles. The Morgan fingerprint density at radius 1 is 0.778 bits per heavy atom. The number of rotatable bonds is 18. The maximum atomic E-state index is 14.8. The van der Waals surface area contributed by atoms with Crippen LogP contribution in [-0.4, -0.2) is 56.5 Å². The fourth-order valence-corrected chi connectivity index (χ4v) is 6.52. The number of hydrogen-bond donors (Lipinski definition) is 2. The third-order valence-electron chi connectivity index (χ3n) is 9.92. The number of aliphatic hydroxyl groups excluding tert-OH is 1. The van der Waals surface area contributed by atoms with Gasteiger partial charge >= 0.3 is 0 Å². The molecule has 0 bridgehead atoms. The summed E-state index contributed by atoms with van der Waals surface area (Å²) >= 11 is 0. The van der Waals surface area contributed by atoms with Crippen molar-refractivity contribution in [3.8, 4) is 11.5 Å². The molecule has 0 spiro atoms. The Balaban J connectivity index is 1.44. The van der Waals surface area contributed by atoms with Gasteiger partial charge in [-0.1, -0.05) is 66.7 Å². The van der Waals surface area contributed by atoms with E-state index in [0.29, 0.717) is 25.1 Å². The van der Waals surface area contributed by atoms with Crippen LogP contribution in [0.15, 0.2) is 132 Å². The van der Waals surface area contributed by atoms with Crippen LogP contribution < -0.4 is 14.8 Å². The van der Waals surface area contributed by atoms with Crippen LogP contribution in [0.5, 0.6) is 11.5 Å². The van der Waals surface area contributed by atoms with E-state index in [1.807, 2.05) is 116 Å². The number of nitrogens with one attached hydrogen (secondary N) is 1. The molecule has 0 aliphatic carbocycles. The van der Waals surface area contributed by atoms with E-state index in [1.54, 1.807) is 45.4 Å². The van der Waals surface area contributed by atoms with E-state index in [4.69, 9.17) is 14.2 Å². The van der Waals surface area contributed by atoms with Crippen molar-refractivity contribution in [3.05, 3.63) is 161 Å². The number of aliphatic hydroxyl groups is 1. The van der Waals surface area contributed by atoms with Crippen LogP contribution in [0.1, 0.15) is 65.8 Å². The van der Waals surface area contributed by atoms with Gasteiger partial charge in [0.25, 0.3) is 0 Å². The van der Waals surface area contributed by atoms with Crippen LogP contribution in [0.3, 0.4) is 0 Å². The average molecular weight is 732 g/mol. The van der Waals surface area contributed by atoms with Crippen molar-refractivity contribution in [2.45, 2.75) is 50.6 Å². The molecular weight excluding hydrogens is 682 g/mol. The Kier molecular flexibility index (Phi) is 14.4. The first kappa shape index (κ1) is 39.7. The average Bonchev–Trinajstić information content (AvgIpc) is 3.22. The number of halogens is 1. The topological polar surface area (TPSA) is 92.6 Å². The third kappa shape index (κ3) is 10.6. The number of hydrogen-bond acceptors (Lipinski definition) is 7. The lowest BCUT2D eigenvalue weighted by Crippen LogP contribution is -2.45. The summed E-state index contributed by atoms with van der Waals surface area (Å²) in [7, 11) is 6.63. The van der Waals surface area contributed by atoms with Gasteiger partial charge in [-0.05, 0) is 108 Å². The lowest BCUT2D eigenvalue weighted by Gasteiger charge is -2.36. The summed E-state index contributed by atoms with van der Waals surface area (Å²) < 4.78 is 30.4. The van der Waals surface area contributed by atoms with Crippen LogP contribution in [-0.2, 0) is 16.1 Å². The van der Waals surface area contributed by atoms with Crippen LogP contribution in [0, 0.1) is 11.7 Å². The normalized spacial score (nSPS) is 14.1. The molecule has 54 heavy (non-hydrogen) atoms. The first-order chi connectivity index (χ1) is 26.2. The Hall–Kier alpha value is -5.51. The Bertz CT molecular complexity index is 1900. The predicted molar refractivity (Wildman–Crippen MR) is 213 cm³/mol. The molecule has 2 N–H and O–H groups in total. The van der Waals surface area contributed by atoms with Crippen molar-refractivity contribution >= 4 is 17.8 Å². The van der Waals surface area contributed by atoms with Crippen molar-refractivity contribution in [1.29, 1.82) is 0 Å². The second kappa shape index (κ2) is 19.5. The number of likely N-dealkylation sites (N-methyl/N-ethyl adjacent to an activating group) is 1. The van der Waals surface area contributed by atoms with Gasteiger partial charge in [0.05, 0.1) is 51.0 Å². The molecule has 1 amide bonds.